The second-order valence-corrected chi connectivity index (χ2v) is 2.98. The molecular weight excluding hydrogens is 209 g/mol. The Bertz CT molecular complexity index is 187. The van der Waals surface area contributed by atoms with Gasteiger partial charge in [-0.15, -0.1) is 0 Å². The van der Waals surface area contributed by atoms with Crippen LogP contribution in [0.5, 0.6) is 0 Å². The smallest absolute Gasteiger partial charge is 0.449 e. The minimum absolute atomic E-state index is 0. The first-order chi connectivity index (χ1) is 5.49. The summed E-state index contributed by atoms with van der Waals surface area (Å²) in [6, 6.07) is 0. The van der Waals surface area contributed by atoms with Crippen molar-refractivity contribution >= 4 is 12.9 Å². The third-order valence-electron chi connectivity index (χ3n) is 1.90. The molecule has 0 aromatic heterocycles. The Morgan fingerprint density at radius 3 is 2.38 bits per heavy atom. The molecule has 0 unspecified atom stereocenters. The Morgan fingerprint density at radius 1 is 1.38 bits per heavy atom. The molecule has 2 nitrogen and oxygen atoms in total. The minimum atomic E-state index is -4.73. The molecule has 13 heavy (non-hydrogen) atoms. The summed E-state index contributed by atoms with van der Waals surface area (Å²) in [6.07, 6.45) is 0.278. The number of carbonyl (C=O) groups excluding carboxylic acids is 1. The summed E-state index contributed by atoms with van der Waals surface area (Å²) in [6.45, 7) is -4.39. The Labute approximate surface area is 118 Å². The average Bonchev–Trinajstić information content (AvgIpc) is 2.29. The largest absolute Gasteiger partial charge is 1.00 e. The van der Waals surface area contributed by atoms with Crippen LogP contribution in [-0.4, -0.2) is 30.9 Å². The van der Waals surface area contributed by atoms with E-state index in [1.165, 1.54) is 4.90 Å². The zero-order chi connectivity index (χ0) is 9.19. The summed E-state index contributed by atoms with van der Waals surface area (Å²) >= 11 is 0. The maximum absolute atomic E-state index is 11.8. The summed E-state index contributed by atoms with van der Waals surface area (Å²) in [5.41, 5.74) is 0. The standard InChI is InChI=1S/C6H10BF3NO.K/c8-7(9,10)3-5-11-4-1-2-6(11)12;/h1-5H2;/q-1;+1. The molecule has 1 aliphatic rings. The number of halogens is 3. The van der Waals surface area contributed by atoms with Crippen LogP contribution in [0.2, 0.25) is 6.32 Å². The fourth-order valence-electron chi connectivity index (χ4n) is 1.24. The van der Waals surface area contributed by atoms with E-state index in [0.717, 1.165) is 0 Å². The van der Waals surface area contributed by atoms with E-state index >= 15 is 0 Å². The fraction of sp³-hybridized carbons (Fsp3) is 0.833. The van der Waals surface area contributed by atoms with Crippen molar-refractivity contribution in [1.29, 1.82) is 0 Å². The van der Waals surface area contributed by atoms with E-state index in [1.807, 2.05) is 0 Å². The van der Waals surface area contributed by atoms with Crippen LogP contribution in [0.25, 0.3) is 0 Å². The van der Waals surface area contributed by atoms with Crippen molar-refractivity contribution in [3.63, 3.8) is 0 Å². The molecule has 0 aliphatic carbocycles. The zero-order valence-electron chi connectivity index (χ0n) is 7.60. The van der Waals surface area contributed by atoms with Gasteiger partial charge >= 0.3 is 58.4 Å². The topological polar surface area (TPSA) is 20.3 Å². The summed E-state index contributed by atoms with van der Waals surface area (Å²) in [5.74, 6) is -0.143. The van der Waals surface area contributed by atoms with Gasteiger partial charge in [-0.1, -0.05) is 6.32 Å². The van der Waals surface area contributed by atoms with E-state index in [4.69, 9.17) is 0 Å². The van der Waals surface area contributed by atoms with Gasteiger partial charge in [0.25, 0.3) is 0 Å². The molecule has 0 aromatic carbocycles. The number of likely N-dealkylation sites (tertiary alicyclic amines) is 1. The SMILES string of the molecule is O=C1CCCN1CC[B-](F)(F)F.[K+]. The van der Waals surface area contributed by atoms with Gasteiger partial charge in [0.1, 0.15) is 0 Å². The Morgan fingerprint density at radius 2 is 2.00 bits per heavy atom. The van der Waals surface area contributed by atoms with Crippen molar-refractivity contribution in [2.24, 2.45) is 0 Å². The minimum Gasteiger partial charge on any atom is -0.449 e. The van der Waals surface area contributed by atoms with Crippen molar-refractivity contribution in [1.82, 2.24) is 4.90 Å². The number of carbonyl (C=O) groups is 1. The zero-order valence-corrected chi connectivity index (χ0v) is 10.7. The second kappa shape index (κ2) is 5.75. The number of hydrogen-bond acceptors (Lipinski definition) is 1. The first-order valence-corrected chi connectivity index (χ1v) is 3.98. The van der Waals surface area contributed by atoms with Gasteiger partial charge in [0.2, 0.25) is 5.91 Å². The third kappa shape index (κ3) is 5.41. The molecule has 1 fully saturated rings. The molecule has 0 atom stereocenters. The van der Waals surface area contributed by atoms with E-state index in [9.17, 15) is 17.7 Å². The molecule has 1 heterocycles. The number of amides is 1. The Balaban J connectivity index is 0.00000144. The molecule has 70 valence electrons. The van der Waals surface area contributed by atoms with Crippen LogP contribution < -0.4 is 51.4 Å². The van der Waals surface area contributed by atoms with Gasteiger partial charge in [0.15, 0.2) is 0 Å². The molecule has 0 spiro atoms. The van der Waals surface area contributed by atoms with Crippen LogP contribution in [0, 0.1) is 0 Å². The van der Waals surface area contributed by atoms with E-state index < -0.39 is 13.3 Å². The summed E-state index contributed by atoms with van der Waals surface area (Å²) in [5, 5.41) is 0. The van der Waals surface area contributed by atoms with Gasteiger partial charge in [-0.05, 0) is 13.0 Å². The Kier molecular flexibility index (Phi) is 6.17. The monoisotopic (exact) mass is 219 g/mol. The molecule has 7 heteroatoms. The second-order valence-electron chi connectivity index (χ2n) is 2.98. The van der Waals surface area contributed by atoms with Crippen molar-refractivity contribution < 1.29 is 69.1 Å². The van der Waals surface area contributed by atoms with Gasteiger partial charge < -0.3 is 17.8 Å². The first-order valence-electron chi connectivity index (χ1n) is 3.98. The van der Waals surface area contributed by atoms with E-state index in [1.54, 1.807) is 0 Å². The number of nitrogens with zero attached hydrogens (tertiary/aromatic N) is 1. The van der Waals surface area contributed by atoms with E-state index in [0.29, 0.717) is 19.4 Å². The van der Waals surface area contributed by atoms with E-state index in [-0.39, 0.29) is 63.8 Å². The van der Waals surface area contributed by atoms with Crippen molar-refractivity contribution in [3.05, 3.63) is 0 Å². The summed E-state index contributed by atoms with van der Waals surface area (Å²) in [4.78, 5) is 12.1. The molecular formula is C6H10BF3KNO. The molecule has 0 bridgehead atoms. The van der Waals surface area contributed by atoms with Crippen LogP contribution in [0.4, 0.5) is 12.9 Å². The normalized spacial score (nSPS) is 17.5. The first kappa shape index (κ1) is 14.0. The van der Waals surface area contributed by atoms with Crippen LogP contribution in [0.15, 0.2) is 0 Å². The van der Waals surface area contributed by atoms with Gasteiger partial charge in [0, 0.05) is 13.0 Å². The Hall–Kier alpha value is 0.961. The molecule has 0 radical (unpaired) electrons. The average molecular weight is 219 g/mol. The summed E-state index contributed by atoms with van der Waals surface area (Å²) in [7, 11) is 0. The van der Waals surface area contributed by atoms with Crippen molar-refractivity contribution in [2.75, 3.05) is 13.1 Å². The molecule has 1 rings (SSSR count). The van der Waals surface area contributed by atoms with Crippen LogP contribution in [0.3, 0.4) is 0 Å². The molecule has 0 aromatic rings. The van der Waals surface area contributed by atoms with Crippen LogP contribution >= 0.6 is 0 Å². The molecule has 0 saturated carbocycles. The van der Waals surface area contributed by atoms with E-state index in [2.05, 4.69) is 0 Å². The van der Waals surface area contributed by atoms with Gasteiger partial charge in [0.05, 0.1) is 0 Å². The van der Waals surface area contributed by atoms with Gasteiger partial charge in [-0.3, -0.25) is 4.79 Å². The number of rotatable bonds is 3. The van der Waals surface area contributed by atoms with Gasteiger partial charge in [-0.2, -0.15) is 0 Å². The van der Waals surface area contributed by atoms with Crippen molar-refractivity contribution in [3.8, 4) is 0 Å². The third-order valence-corrected chi connectivity index (χ3v) is 1.90. The molecule has 1 amide bonds. The molecule has 0 N–H and O–H groups in total. The summed E-state index contributed by atoms with van der Waals surface area (Å²) < 4.78 is 35.3. The van der Waals surface area contributed by atoms with Crippen LogP contribution in [0.1, 0.15) is 12.8 Å². The molecule has 1 aliphatic heterocycles. The maximum Gasteiger partial charge on any atom is 1.00 e. The van der Waals surface area contributed by atoms with Crippen LogP contribution in [-0.2, 0) is 4.79 Å². The predicted molar refractivity (Wildman–Crippen MR) is 39.7 cm³/mol. The van der Waals surface area contributed by atoms with Gasteiger partial charge in [-0.25, -0.2) is 0 Å². The maximum atomic E-state index is 11.8. The van der Waals surface area contributed by atoms with Crippen molar-refractivity contribution in [2.45, 2.75) is 19.2 Å². The quantitative estimate of drug-likeness (QED) is 0.527. The molecule has 1 saturated heterocycles. The fourth-order valence-corrected chi connectivity index (χ4v) is 1.24. The number of hydrogen-bond donors (Lipinski definition) is 0. The predicted octanol–water partition coefficient (Wildman–Crippen LogP) is -1.54.